The molecule has 0 spiro atoms. The van der Waals surface area contributed by atoms with Crippen LogP contribution in [0.5, 0.6) is 0 Å². The van der Waals surface area contributed by atoms with Crippen LogP contribution >= 0.6 is 0 Å². The van der Waals surface area contributed by atoms with E-state index in [0.717, 1.165) is 0 Å². The average molecular weight is 173 g/mol. The summed E-state index contributed by atoms with van der Waals surface area (Å²) in [6, 6.07) is -0.579. The summed E-state index contributed by atoms with van der Waals surface area (Å²) in [5, 5.41) is 0. The number of nitrogens with zero attached hydrogens (tertiary/aromatic N) is 1. The van der Waals surface area contributed by atoms with E-state index in [1.165, 1.54) is 4.90 Å². The second kappa shape index (κ2) is 4.71. The molecule has 0 aliphatic carbocycles. The zero-order valence-corrected chi connectivity index (χ0v) is 7.41. The molecule has 2 amide bonds. The van der Waals surface area contributed by atoms with Gasteiger partial charge in [-0.3, -0.25) is 9.59 Å². The summed E-state index contributed by atoms with van der Waals surface area (Å²) in [7, 11) is 0. The van der Waals surface area contributed by atoms with Crippen LogP contribution in [0.15, 0.2) is 0 Å². The summed E-state index contributed by atoms with van der Waals surface area (Å²) in [5.74, 6) is -0.776. The minimum absolute atomic E-state index is 0.0587. The molecule has 1 atom stereocenters. The minimum atomic E-state index is -0.579. The van der Waals surface area contributed by atoms with Crippen molar-refractivity contribution in [2.24, 2.45) is 11.5 Å². The summed E-state index contributed by atoms with van der Waals surface area (Å²) >= 11 is 0. The lowest BCUT2D eigenvalue weighted by molar-refractivity contribution is -0.135. The summed E-state index contributed by atoms with van der Waals surface area (Å²) in [6.07, 6.45) is 0. The Kier molecular flexibility index (Phi) is 4.28. The first kappa shape index (κ1) is 10.9. The maximum Gasteiger partial charge on any atom is 0.239 e. The zero-order valence-electron chi connectivity index (χ0n) is 7.41. The van der Waals surface area contributed by atoms with Gasteiger partial charge in [0.15, 0.2) is 0 Å². The van der Waals surface area contributed by atoms with Crippen molar-refractivity contribution in [3.8, 4) is 0 Å². The monoisotopic (exact) mass is 173 g/mol. The van der Waals surface area contributed by atoms with Crippen molar-refractivity contribution in [1.82, 2.24) is 4.90 Å². The average Bonchev–Trinajstić information content (AvgIpc) is 1.98. The molecule has 0 saturated heterocycles. The van der Waals surface area contributed by atoms with Gasteiger partial charge in [-0.1, -0.05) is 0 Å². The molecule has 1 unspecified atom stereocenters. The van der Waals surface area contributed by atoms with Gasteiger partial charge >= 0.3 is 0 Å². The molecule has 0 aromatic carbocycles. The van der Waals surface area contributed by atoms with Gasteiger partial charge in [-0.25, -0.2) is 0 Å². The molecule has 0 aromatic rings. The Morgan fingerprint density at radius 2 is 2.00 bits per heavy atom. The lowest BCUT2D eigenvalue weighted by Crippen LogP contribution is -2.45. The Balaban J connectivity index is 4.15. The Bertz CT molecular complexity index is 179. The van der Waals surface area contributed by atoms with Crippen molar-refractivity contribution < 1.29 is 9.59 Å². The van der Waals surface area contributed by atoms with Crippen LogP contribution in [-0.4, -0.2) is 35.8 Å². The van der Waals surface area contributed by atoms with Crippen LogP contribution < -0.4 is 11.5 Å². The lowest BCUT2D eigenvalue weighted by atomic mass is 10.3. The molecule has 0 aliphatic heterocycles. The van der Waals surface area contributed by atoms with Crippen LogP contribution in [-0.2, 0) is 9.59 Å². The predicted molar refractivity (Wildman–Crippen MR) is 45.1 cm³/mol. The van der Waals surface area contributed by atoms with Gasteiger partial charge in [-0.15, -0.1) is 0 Å². The van der Waals surface area contributed by atoms with Crippen LogP contribution in [0.3, 0.4) is 0 Å². The van der Waals surface area contributed by atoms with Crippen LogP contribution in [0.4, 0.5) is 0 Å². The van der Waals surface area contributed by atoms with Crippen molar-refractivity contribution in [2.45, 2.75) is 19.9 Å². The molecule has 0 fully saturated rings. The SMILES string of the molecule is CCN(CC(N)=O)C(=O)C(C)N. The van der Waals surface area contributed by atoms with E-state index in [-0.39, 0.29) is 12.5 Å². The van der Waals surface area contributed by atoms with Gasteiger partial charge in [-0.2, -0.15) is 0 Å². The van der Waals surface area contributed by atoms with Crippen molar-refractivity contribution in [2.75, 3.05) is 13.1 Å². The van der Waals surface area contributed by atoms with Crippen molar-refractivity contribution in [3.63, 3.8) is 0 Å². The van der Waals surface area contributed by atoms with E-state index in [1.54, 1.807) is 13.8 Å². The van der Waals surface area contributed by atoms with E-state index < -0.39 is 11.9 Å². The Morgan fingerprint density at radius 1 is 1.50 bits per heavy atom. The predicted octanol–water partition coefficient (Wildman–Crippen LogP) is -1.33. The van der Waals surface area contributed by atoms with Crippen LogP contribution in [0.1, 0.15) is 13.8 Å². The van der Waals surface area contributed by atoms with Gasteiger partial charge in [0.05, 0.1) is 12.6 Å². The van der Waals surface area contributed by atoms with E-state index >= 15 is 0 Å². The number of amides is 2. The number of carbonyl (C=O) groups excluding carboxylic acids is 2. The smallest absolute Gasteiger partial charge is 0.239 e. The molecule has 0 saturated carbocycles. The third-order valence-electron chi connectivity index (χ3n) is 1.43. The number of likely N-dealkylation sites (N-methyl/N-ethyl adjacent to an activating group) is 1. The third kappa shape index (κ3) is 3.34. The van der Waals surface area contributed by atoms with Gasteiger partial charge in [0.2, 0.25) is 11.8 Å². The lowest BCUT2D eigenvalue weighted by Gasteiger charge is -2.20. The molecule has 12 heavy (non-hydrogen) atoms. The van der Waals surface area contributed by atoms with Crippen molar-refractivity contribution in [1.29, 1.82) is 0 Å². The van der Waals surface area contributed by atoms with E-state index in [4.69, 9.17) is 11.5 Å². The Morgan fingerprint density at radius 3 is 2.25 bits per heavy atom. The molecule has 0 rings (SSSR count). The van der Waals surface area contributed by atoms with E-state index in [9.17, 15) is 9.59 Å². The molecule has 5 heteroatoms. The molecule has 4 N–H and O–H groups in total. The molecule has 0 radical (unpaired) electrons. The number of primary amides is 1. The summed E-state index contributed by atoms with van der Waals surface area (Å²) in [5.41, 5.74) is 10.3. The van der Waals surface area contributed by atoms with E-state index in [1.807, 2.05) is 0 Å². The Labute approximate surface area is 71.7 Å². The maximum atomic E-state index is 11.2. The van der Waals surface area contributed by atoms with Gasteiger partial charge in [0, 0.05) is 6.54 Å². The highest BCUT2D eigenvalue weighted by molar-refractivity contribution is 5.86. The molecule has 0 heterocycles. The summed E-state index contributed by atoms with van der Waals surface area (Å²) in [4.78, 5) is 23.0. The fourth-order valence-corrected chi connectivity index (χ4v) is 0.822. The van der Waals surface area contributed by atoms with Crippen LogP contribution in [0.25, 0.3) is 0 Å². The maximum absolute atomic E-state index is 11.2. The molecule has 0 aliphatic rings. The van der Waals surface area contributed by atoms with E-state index in [2.05, 4.69) is 0 Å². The quantitative estimate of drug-likeness (QED) is 0.551. The number of hydrogen-bond acceptors (Lipinski definition) is 3. The number of rotatable bonds is 4. The number of carbonyl (C=O) groups is 2. The molecule has 5 nitrogen and oxygen atoms in total. The van der Waals surface area contributed by atoms with Gasteiger partial charge in [-0.05, 0) is 13.8 Å². The van der Waals surface area contributed by atoms with Gasteiger partial charge < -0.3 is 16.4 Å². The number of nitrogens with two attached hydrogens (primary N) is 2. The Hall–Kier alpha value is -1.10. The third-order valence-corrected chi connectivity index (χ3v) is 1.43. The minimum Gasteiger partial charge on any atom is -0.368 e. The molecule has 0 bridgehead atoms. The highest BCUT2D eigenvalue weighted by Gasteiger charge is 2.16. The largest absolute Gasteiger partial charge is 0.368 e. The fraction of sp³-hybridized carbons (Fsp3) is 0.714. The highest BCUT2D eigenvalue weighted by atomic mass is 16.2. The second-order valence-corrected chi connectivity index (χ2v) is 2.61. The van der Waals surface area contributed by atoms with Crippen LogP contribution in [0, 0.1) is 0 Å². The fourth-order valence-electron chi connectivity index (χ4n) is 0.822. The highest BCUT2D eigenvalue weighted by Crippen LogP contribution is 1.91. The zero-order chi connectivity index (χ0) is 9.72. The van der Waals surface area contributed by atoms with Gasteiger partial charge in [0.1, 0.15) is 0 Å². The first-order valence-corrected chi connectivity index (χ1v) is 3.81. The van der Waals surface area contributed by atoms with Crippen LogP contribution in [0.2, 0.25) is 0 Å². The molecule has 0 aromatic heterocycles. The first-order chi connectivity index (χ1) is 5.49. The molecular formula is C7H15N3O2. The standard InChI is InChI=1S/C7H15N3O2/c1-3-10(4-6(9)11)7(12)5(2)8/h5H,3-4,8H2,1-2H3,(H2,9,11). The van der Waals surface area contributed by atoms with E-state index in [0.29, 0.717) is 6.54 Å². The van der Waals surface area contributed by atoms with Crippen molar-refractivity contribution >= 4 is 11.8 Å². The first-order valence-electron chi connectivity index (χ1n) is 3.81. The molecular weight excluding hydrogens is 158 g/mol. The number of hydrogen-bond donors (Lipinski definition) is 2. The topological polar surface area (TPSA) is 89.4 Å². The van der Waals surface area contributed by atoms with Crippen molar-refractivity contribution in [3.05, 3.63) is 0 Å². The normalized spacial score (nSPS) is 12.2. The van der Waals surface area contributed by atoms with Gasteiger partial charge in [0.25, 0.3) is 0 Å². The second-order valence-electron chi connectivity index (χ2n) is 2.61. The summed E-state index contributed by atoms with van der Waals surface area (Å²) in [6.45, 7) is 3.73. The molecule has 70 valence electrons. The summed E-state index contributed by atoms with van der Waals surface area (Å²) < 4.78 is 0.